The Kier molecular flexibility index (Phi) is 8.61. The number of carbonyl (C=O) groups is 3. The summed E-state index contributed by atoms with van der Waals surface area (Å²) in [6.45, 7) is 9.58. The van der Waals surface area contributed by atoms with Crippen molar-refractivity contribution in [2.45, 2.75) is 40.5 Å². The third-order valence-corrected chi connectivity index (χ3v) is 4.39. The molecule has 0 aliphatic carbocycles. The van der Waals surface area contributed by atoms with Crippen molar-refractivity contribution in [3.63, 3.8) is 0 Å². The number of nitrogens with one attached hydrogen (secondary N) is 1. The van der Waals surface area contributed by atoms with E-state index in [1.54, 1.807) is 13.8 Å². The van der Waals surface area contributed by atoms with Crippen LogP contribution in [0.15, 0.2) is 36.4 Å². The fraction of sp³-hybridized carbons (Fsp3) is 0.375. The first-order chi connectivity index (χ1) is 14.7. The predicted molar refractivity (Wildman–Crippen MR) is 118 cm³/mol. The van der Waals surface area contributed by atoms with E-state index in [0.29, 0.717) is 5.75 Å². The van der Waals surface area contributed by atoms with E-state index in [9.17, 15) is 14.4 Å². The summed E-state index contributed by atoms with van der Waals surface area (Å²) >= 11 is 0. The van der Waals surface area contributed by atoms with Crippen LogP contribution in [0.2, 0.25) is 0 Å². The van der Waals surface area contributed by atoms with Gasteiger partial charge in [0.25, 0.3) is 5.91 Å². The van der Waals surface area contributed by atoms with Crippen LogP contribution < -0.4 is 10.1 Å². The van der Waals surface area contributed by atoms with Gasteiger partial charge in [0.1, 0.15) is 5.75 Å². The summed E-state index contributed by atoms with van der Waals surface area (Å²) in [5, 5.41) is 2.67. The van der Waals surface area contributed by atoms with Gasteiger partial charge in [0.2, 0.25) is 0 Å². The number of amides is 1. The Bertz CT molecular complexity index is 915. The first-order valence-electron chi connectivity index (χ1n) is 10.3. The van der Waals surface area contributed by atoms with E-state index in [-0.39, 0.29) is 42.6 Å². The van der Waals surface area contributed by atoms with Crippen molar-refractivity contribution < 1.29 is 28.6 Å². The Morgan fingerprint density at radius 2 is 1.48 bits per heavy atom. The maximum atomic E-state index is 12.5. The smallest absolute Gasteiger partial charge is 0.338 e. The Morgan fingerprint density at radius 1 is 0.903 bits per heavy atom. The highest BCUT2D eigenvalue weighted by Crippen LogP contribution is 2.27. The van der Waals surface area contributed by atoms with Crippen molar-refractivity contribution in [1.29, 1.82) is 0 Å². The minimum Gasteiger partial charge on any atom is -0.483 e. The monoisotopic (exact) mass is 427 g/mol. The molecule has 0 aromatic heterocycles. The number of ether oxygens (including phenoxy) is 3. The van der Waals surface area contributed by atoms with Crippen LogP contribution in [-0.4, -0.2) is 37.7 Å². The van der Waals surface area contributed by atoms with Crippen molar-refractivity contribution >= 4 is 23.5 Å². The van der Waals surface area contributed by atoms with E-state index in [1.165, 1.54) is 18.2 Å². The second-order valence-corrected chi connectivity index (χ2v) is 7.27. The van der Waals surface area contributed by atoms with E-state index in [2.05, 4.69) is 19.2 Å². The van der Waals surface area contributed by atoms with E-state index < -0.39 is 17.8 Å². The number of esters is 2. The molecule has 7 nitrogen and oxygen atoms in total. The second-order valence-electron chi connectivity index (χ2n) is 7.27. The lowest BCUT2D eigenvalue weighted by Gasteiger charge is -2.15. The molecule has 0 fully saturated rings. The maximum absolute atomic E-state index is 12.5. The van der Waals surface area contributed by atoms with E-state index in [4.69, 9.17) is 14.2 Å². The molecule has 0 unspecified atom stereocenters. The molecule has 1 amide bonds. The number of anilines is 1. The standard InChI is InChI=1S/C24H29NO6/c1-6-29-23(27)17-11-18(24(28)30-7-2)13-19(12-17)25-22(26)14-31-21-10-16(5)8-9-20(21)15(3)4/h8-13,15H,6-7,14H2,1-5H3,(H,25,26). The van der Waals surface area contributed by atoms with Gasteiger partial charge in [0.05, 0.1) is 24.3 Å². The summed E-state index contributed by atoms with van der Waals surface area (Å²) in [5.41, 5.74) is 2.60. The molecule has 2 aromatic rings. The molecule has 166 valence electrons. The Hall–Kier alpha value is -3.35. The van der Waals surface area contributed by atoms with Gasteiger partial charge in [-0.3, -0.25) is 4.79 Å². The summed E-state index contributed by atoms with van der Waals surface area (Å²) in [4.78, 5) is 36.8. The molecular weight excluding hydrogens is 398 g/mol. The predicted octanol–water partition coefficient (Wildman–Crippen LogP) is 4.49. The van der Waals surface area contributed by atoms with Gasteiger partial charge in [-0.2, -0.15) is 0 Å². The zero-order valence-corrected chi connectivity index (χ0v) is 18.6. The van der Waals surface area contributed by atoms with Crippen LogP contribution in [0.25, 0.3) is 0 Å². The lowest BCUT2D eigenvalue weighted by Crippen LogP contribution is -2.21. The van der Waals surface area contributed by atoms with Crippen molar-refractivity contribution in [2.75, 3.05) is 25.1 Å². The van der Waals surface area contributed by atoms with Gasteiger partial charge in [-0.15, -0.1) is 0 Å². The topological polar surface area (TPSA) is 90.9 Å². The average molecular weight is 427 g/mol. The Morgan fingerprint density at radius 3 is 2.00 bits per heavy atom. The minimum atomic E-state index is -0.596. The highest BCUT2D eigenvalue weighted by molar-refractivity contribution is 5.99. The summed E-state index contributed by atoms with van der Waals surface area (Å²) in [6, 6.07) is 10.2. The Balaban J connectivity index is 2.19. The summed E-state index contributed by atoms with van der Waals surface area (Å²) < 4.78 is 15.8. The van der Waals surface area contributed by atoms with Crippen molar-refractivity contribution in [2.24, 2.45) is 0 Å². The van der Waals surface area contributed by atoms with Crippen LogP contribution >= 0.6 is 0 Å². The van der Waals surface area contributed by atoms with Crippen LogP contribution in [0.3, 0.4) is 0 Å². The molecule has 0 atom stereocenters. The zero-order chi connectivity index (χ0) is 23.0. The molecule has 0 heterocycles. The second kappa shape index (κ2) is 11.2. The summed E-state index contributed by atoms with van der Waals surface area (Å²) in [5.74, 6) is -0.722. The molecule has 0 saturated heterocycles. The summed E-state index contributed by atoms with van der Waals surface area (Å²) in [7, 11) is 0. The molecule has 0 aliphatic rings. The molecule has 0 saturated carbocycles. The molecule has 1 N–H and O–H groups in total. The number of hydrogen-bond acceptors (Lipinski definition) is 6. The van der Waals surface area contributed by atoms with Gasteiger partial charge in [-0.25, -0.2) is 9.59 Å². The number of aryl methyl sites for hydroxylation is 1. The lowest BCUT2D eigenvalue weighted by atomic mass is 10.0. The van der Waals surface area contributed by atoms with Gasteiger partial charge >= 0.3 is 11.9 Å². The SMILES string of the molecule is CCOC(=O)c1cc(NC(=O)COc2cc(C)ccc2C(C)C)cc(C(=O)OCC)c1. The quantitative estimate of drug-likeness (QED) is 0.593. The van der Waals surface area contributed by atoms with E-state index in [1.807, 2.05) is 25.1 Å². The molecule has 0 aliphatic heterocycles. The van der Waals surface area contributed by atoms with Crippen molar-refractivity contribution in [3.8, 4) is 5.75 Å². The number of benzene rings is 2. The normalized spacial score (nSPS) is 10.5. The van der Waals surface area contributed by atoms with Gasteiger partial charge in [-0.05, 0) is 62.1 Å². The first-order valence-corrected chi connectivity index (χ1v) is 10.3. The van der Waals surface area contributed by atoms with Gasteiger partial charge < -0.3 is 19.5 Å². The first kappa shape index (κ1) is 23.9. The van der Waals surface area contributed by atoms with E-state index >= 15 is 0 Å². The van der Waals surface area contributed by atoms with Crippen LogP contribution in [0, 0.1) is 6.92 Å². The van der Waals surface area contributed by atoms with Gasteiger partial charge in [0, 0.05) is 5.69 Å². The molecule has 31 heavy (non-hydrogen) atoms. The highest BCUT2D eigenvalue weighted by atomic mass is 16.5. The largest absolute Gasteiger partial charge is 0.483 e. The minimum absolute atomic E-state index is 0.143. The fourth-order valence-electron chi connectivity index (χ4n) is 2.95. The molecule has 2 aromatic carbocycles. The van der Waals surface area contributed by atoms with Crippen molar-refractivity contribution in [1.82, 2.24) is 0 Å². The molecule has 7 heteroatoms. The average Bonchev–Trinajstić information content (AvgIpc) is 2.72. The maximum Gasteiger partial charge on any atom is 0.338 e. The lowest BCUT2D eigenvalue weighted by molar-refractivity contribution is -0.118. The molecule has 0 spiro atoms. The fourth-order valence-corrected chi connectivity index (χ4v) is 2.95. The highest BCUT2D eigenvalue weighted by Gasteiger charge is 2.16. The molecule has 2 rings (SSSR count). The van der Waals surface area contributed by atoms with Crippen LogP contribution in [0.4, 0.5) is 5.69 Å². The van der Waals surface area contributed by atoms with Gasteiger partial charge in [0.15, 0.2) is 6.61 Å². The third-order valence-electron chi connectivity index (χ3n) is 4.39. The molecule has 0 bridgehead atoms. The Labute approximate surface area is 182 Å². The van der Waals surface area contributed by atoms with Crippen LogP contribution in [0.1, 0.15) is 65.5 Å². The number of rotatable bonds is 9. The number of hydrogen-bond donors (Lipinski definition) is 1. The van der Waals surface area contributed by atoms with E-state index in [0.717, 1.165) is 11.1 Å². The van der Waals surface area contributed by atoms with Crippen molar-refractivity contribution in [3.05, 3.63) is 58.7 Å². The third kappa shape index (κ3) is 6.84. The van der Waals surface area contributed by atoms with Crippen LogP contribution in [0.5, 0.6) is 5.75 Å². The van der Waals surface area contributed by atoms with Gasteiger partial charge in [-0.1, -0.05) is 26.0 Å². The molecule has 0 radical (unpaired) electrons. The summed E-state index contributed by atoms with van der Waals surface area (Å²) in [6.07, 6.45) is 0. The van der Waals surface area contributed by atoms with Crippen LogP contribution in [-0.2, 0) is 14.3 Å². The zero-order valence-electron chi connectivity index (χ0n) is 18.6. The molecular formula is C24H29NO6. The number of carbonyl (C=O) groups excluding carboxylic acids is 3.